The second kappa shape index (κ2) is 7.14. The van der Waals surface area contributed by atoms with Crippen molar-refractivity contribution in [1.82, 2.24) is 0 Å². The molecule has 20 heavy (non-hydrogen) atoms. The molecule has 1 aromatic rings. The third-order valence-electron chi connectivity index (χ3n) is 2.39. The summed E-state index contributed by atoms with van der Waals surface area (Å²) in [7, 11) is 0. The first-order valence-corrected chi connectivity index (χ1v) is 5.91. The van der Waals surface area contributed by atoms with Gasteiger partial charge in [0.25, 0.3) is 0 Å². The summed E-state index contributed by atoms with van der Waals surface area (Å²) in [5, 5.41) is 8.99. The quantitative estimate of drug-likeness (QED) is 0.785. The molecular weight excluding hydrogens is 277 g/mol. The summed E-state index contributed by atoms with van der Waals surface area (Å²) in [6.45, 7) is 0.385. The van der Waals surface area contributed by atoms with Gasteiger partial charge in [0.05, 0.1) is 13.2 Å². The van der Waals surface area contributed by atoms with E-state index in [0.29, 0.717) is 5.56 Å². The zero-order valence-corrected chi connectivity index (χ0v) is 10.9. The van der Waals surface area contributed by atoms with Gasteiger partial charge in [-0.1, -0.05) is 12.1 Å². The lowest BCUT2D eigenvalue weighted by Gasteiger charge is -2.12. The van der Waals surface area contributed by atoms with Gasteiger partial charge in [-0.25, -0.2) is 4.79 Å². The van der Waals surface area contributed by atoms with Gasteiger partial charge in [-0.05, 0) is 18.6 Å². The molecule has 0 unspecified atom stereocenters. The number of benzene rings is 1. The molecule has 112 valence electrons. The Balaban J connectivity index is 2.41. The smallest absolute Gasteiger partial charge is 0.411 e. The maximum Gasteiger partial charge on any atom is 0.411 e. The van der Waals surface area contributed by atoms with Crippen LogP contribution in [0.15, 0.2) is 18.2 Å². The van der Waals surface area contributed by atoms with E-state index in [4.69, 9.17) is 9.84 Å². The molecule has 1 aromatic carbocycles. The van der Waals surface area contributed by atoms with Crippen molar-refractivity contribution in [2.45, 2.75) is 19.5 Å². The first kappa shape index (κ1) is 16.3. The Morgan fingerprint density at radius 1 is 1.30 bits per heavy atom. The van der Waals surface area contributed by atoms with E-state index in [1.54, 1.807) is 19.1 Å². The van der Waals surface area contributed by atoms with Crippen LogP contribution in [0.2, 0.25) is 0 Å². The Morgan fingerprint density at radius 3 is 2.60 bits per heavy atom. The van der Waals surface area contributed by atoms with Gasteiger partial charge in [-0.15, -0.1) is 0 Å². The van der Waals surface area contributed by atoms with Crippen LogP contribution < -0.4 is 4.74 Å². The van der Waals surface area contributed by atoms with Gasteiger partial charge < -0.3 is 14.6 Å². The SMILES string of the molecule is Cc1cccc(C(=O)O)c1OCCCOCC(F)(F)F. The van der Waals surface area contributed by atoms with Gasteiger partial charge in [0.1, 0.15) is 17.9 Å². The lowest BCUT2D eigenvalue weighted by atomic mass is 10.1. The van der Waals surface area contributed by atoms with Crippen LogP contribution in [-0.4, -0.2) is 37.1 Å². The molecular formula is C13H15F3O4. The van der Waals surface area contributed by atoms with Crippen LogP contribution >= 0.6 is 0 Å². The third kappa shape index (κ3) is 5.48. The lowest BCUT2D eigenvalue weighted by molar-refractivity contribution is -0.174. The van der Waals surface area contributed by atoms with Crippen molar-refractivity contribution in [3.8, 4) is 5.75 Å². The molecule has 0 bridgehead atoms. The van der Waals surface area contributed by atoms with E-state index >= 15 is 0 Å². The van der Waals surface area contributed by atoms with E-state index in [0.717, 1.165) is 0 Å². The predicted octanol–water partition coefficient (Wildman–Crippen LogP) is 3.04. The fraction of sp³-hybridized carbons (Fsp3) is 0.462. The minimum Gasteiger partial charge on any atom is -0.492 e. The molecule has 4 nitrogen and oxygen atoms in total. The number of carboxylic acids is 1. The summed E-state index contributed by atoms with van der Waals surface area (Å²) in [5.41, 5.74) is 0.683. The number of carboxylic acid groups (broad SMARTS) is 1. The molecule has 0 spiro atoms. The first-order chi connectivity index (χ1) is 9.31. The second-order valence-electron chi connectivity index (χ2n) is 4.13. The zero-order chi connectivity index (χ0) is 15.2. The van der Waals surface area contributed by atoms with Gasteiger partial charge in [0, 0.05) is 6.42 Å². The monoisotopic (exact) mass is 292 g/mol. The van der Waals surface area contributed by atoms with Crippen molar-refractivity contribution >= 4 is 5.97 Å². The molecule has 0 atom stereocenters. The van der Waals surface area contributed by atoms with Crippen LogP contribution in [0, 0.1) is 6.92 Å². The molecule has 0 saturated carbocycles. The standard InChI is InChI=1S/C13H15F3O4/c1-9-4-2-5-10(12(17)18)11(9)20-7-3-6-19-8-13(14,15)16/h2,4-5H,3,6-8H2,1H3,(H,17,18). The molecule has 0 aliphatic heterocycles. The van der Waals surface area contributed by atoms with Crippen molar-refractivity contribution < 1.29 is 32.5 Å². The number of halogens is 3. The highest BCUT2D eigenvalue weighted by Gasteiger charge is 2.27. The Labute approximate surface area is 114 Å². The highest BCUT2D eigenvalue weighted by Crippen LogP contribution is 2.23. The number of para-hydroxylation sites is 1. The molecule has 1 rings (SSSR count). The van der Waals surface area contributed by atoms with Crippen molar-refractivity contribution in [2.75, 3.05) is 19.8 Å². The Kier molecular flexibility index (Phi) is 5.82. The topological polar surface area (TPSA) is 55.8 Å². The van der Waals surface area contributed by atoms with Gasteiger partial charge in [0.15, 0.2) is 0 Å². The molecule has 0 radical (unpaired) electrons. The van der Waals surface area contributed by atoms with Crippen molar-refractivity contribution in [1.29, 1.82) is 0 Å². The fourth-order valence-corrected chi connectivity index (χ4v) is 1.54. The predicted molar refractivity (Wildman–Crippen MR) is 65.1 cm³/mol. The molecule has 0 aliphatic carbocycles. The van der Waals surface area contributed by atoms with E-state index in [1.165, 1.54) is 6.07 Å². The number of carbonyl (C=O) groups is 1. The number of ether oxygens (including phenoxy) is 2. The maximum absolute atomic E-state index is 11.8. The van der Waals surface area contributed by atoms with E-state index in [-0.39, 0.29) is 30.9 Å². The zero-order valence-electron chi connectivity index (χ0n) is 10.9. The Bertz CT molecular complexity index is 457. The van der Waals surface area contributed by atoms with E-state index < -0.39 is 18.8 Å². The first-order valence-electron chi connectivity index (χ1n) is 5.91. The number of hydrogen-bond acceptors (Lipinski definition) is 3. The second-order valence-corrected chi connectivity index (χ2v) is 4.13. The summed E-state index contributed by atoms with van der Waals surface area (Å²) in [6.07, 6.45) is -4.10. The summed E-state index contributed by atoms with van der Waals surface area (Å²) in [5.74, 6) is -0.882. The Hall–Kier alpha value is -1.76. The molecule has 0 amide bonds. The lowest BCUT2D eigenvalue weighted by Crippen LogP contribution is -2.18. The van der Waals surface area contributed by atoms with Gasteiger partial charge in [-0.2, -0.15) is 13.2 Å². The molecule has 0 heterocycles. The Morgan fingerprint density at radius 2 is 2.00 bits per heavy atom. The maximum atomic E-state index is 11.8. The molecule has 0 aromatic heterocycles. The molecule has 1 N–H and O–H groups in total. The average Bonchev–Trinajstić information content (AvgIpc) is 2.33. The van der Waals surface area contributed by atoms with E-state index in [9.17, 15) is 18.0 Å². The number of rotatable bonds is 7. The highest BCUT2D eigenvalue weighted by molar-refractivity contribution is 5.91. The van der Waals surface area contributed by atoms with Gasteiger partial charge in [0.2, 0.25) is 0 Å². The number of aryl methyl sites for hydroxylation is 1. The summed E-state index contributed by atoms with van der Waals surface area (Å²) < 4.78 is 45.2. The average molecular weight is 292 g/mol. The van der Waals surface area contributed by atoms with Crippen molar-refractivity contribution in [2.24, 2.45) is 0 Å². The van der Waals surface area contributed by atoms with Crippen LogP contribution in [0.3, 0.4) is 0 Å². The van der Waals surface area contributed by atoms with Crippen molar-refractivity contribution in [3.63, 3.8) is 0 Å². The van der Waals surface area contributed by atoms with Crippen LogP contribution in [0.5, 0.6) is 5.75 Å². The number of aromatic carboxylic acids is 1. The molecule has 0 saturated heterocycles. The van der Waals surface area contributed by atoms with Gasteiger partial charge >= 0.3 is 12.1 Å². The third-order valence-corrected chi connectivity index (χ3v) is 2.39. The molecule has 7 heteroatoms. The molecule has 0 aliphatic rings. The largest absolute Gasteiger partial charge is 0.492 e. The highest BCUT2D eigenvalue weighted by atomic mass is 19.4. The van der Waals surface area contributed by atoms with E-state index in [1.807, 2.05) is 0 Å². The van der Waals surface area contributed by atoms with Crippen LogP contribution in [0.4, 0.5) is 13.2 Å². The molecule has 0 fully saturated rings. The van der Waals surface area contributed by atoms with Crippen LogP contribution in [0.1, 0.15) is 22.3 Å². The summed E-state index contributed by atoms with van der Waals surface area (Å²) >= 11 is 0. The number of hydrogen-bond donors (Lipinski definition) is 1. The minimum atomic E-state index is -4.34. The minimum absolute atomic E-state index is 0.0289. The normalized spacial score (nSPS) is 11.4. The van der Waals surface area contributed by atoms with E-state index in [2.05, 4.69) is 4.74 Å². The number of alkyl halides is 3. The summed E-state index contributed by atoms with van der Waals surface area (Å²) in [4.78, 5) is 11.0. The fourth-order valence-electron chi connectivity index (χ4n) is 1.54. The summed E-state index contributed by atoms with van der Waals surface area (Å²) in [6, 6.07) is 4.70. The van der Waals surface area contributed by atoms with Crippen LogP contribution in [-0.2, 0) is 4.74 Å². The van der Waals surface area contributed by atoms with Crippen LogP contribution in [0.25, 0.3) is 0 Å². The van der Waals surface area contributed by atoms with Crippen molar-refractivity contribution in [3.05, 3.63) is 29.3 Å². The van der Waals surface area contributed by atoms with Gasteiger partial charge in [-0.3, -0.25) is 0 Å².